The molecule has 1 aliphatic heterocycles. The molecule has 0 unspecified atom stereocenters. The number of aliphatic hydroxyl groups excluding tert-OH is 1. The fraction of sp³-hybridized carbons (Fsp3) is 0.333. The Hall–Kier alpha value is -3.36. The van der Waals surface area contributed by atoms with Gasteiger partial charge in [-0.3, -0.25) is 0 Å². The summed E-state index contributed by atoms with van der Waals surface area (Å²) in [7, 11) is 0. The zero-order chi connectivity index (χ0) is 22.5. The van der Waals surface area contributed by atoms with Crippen molar-refractivity contribution in [1.82, 2.24) is 19.7 Å². The second-order valence-electron chi connectivity index (χ2n) is 7.79. The van der Waals surface area contributed by atoms with E-state index in [1.54, 1.807) is 6.20 Å². The van der Waals surface area contributed by atoms with Crippen molar-refractivity contribution in [2.45, 2.75) is 19.9 Å². The summed E-state index contributed by atoms with van der Waals surface area (Å²) in [6.45, 7) is 11.2. The van der Waals surface area contributed by atoms with Crippen LogP contribution in [0, 0.1) is 0 Å². The van der Waals surface area contributed by atoms with Crippen molar-refractivity contribution < 1.29 is 9.84 Å². The van der Waals surface area contributed by atoms with Crippen molar-refractivity contribution in [2.75, 3.05) is 43.1 Å². The van der Waals surface area contributed by atoms with E-state index in [0.29, 0.717) is 19.0 Å². The van der Waals surface area contributed by atoms with Gasteiger partial charge in [-0.2, -0.15) is 0 Å². The molecular weight excluding hydrogens is 404 g/mol. The first-order valence-corrected chi connectivity index (χ1v) is 10.9. The zero-order valence-electron chi connectivity index (χ0n) is 18.6. The minimum absolute atomic E-state index is 0.0184. The average molecular weight is 435 g/mol. The summed E-state index contributed by atoms with van der Waals surface area (Å²) < 4.78 is 7.43. The van der Waals surface area contributed by atoms with Crippen molar-refractivity contribution in [3.63, 3.8) is 0 Å². The average Bonchev–Trinajstić information content (AvgIpc) is 3.29. The van der Waals surface area contributed by atoms with E-state index >= 15 is 0 Å². The summed E-state index contributed by atoms with van der Waals surface area (Å²) in [5.41, 5.74) is 5.34. The first-order chi connectivity index (χ1) is 15.6. The third-order valence-corrected chi connectivity index (χ3v) is 5.45. The Morgan fingerprint density at radius 2 is 2.16 bits per heavy atom. The lowest BCUT2D eigenvalue weighted by molar-refractivity contribution is 0.0727. The summed E-state index contributed by atoms with van der Waals surface area (Å²) in [4.78, 5) is 11.4. The Labute approximate surface area is 188 Å². The lowest BCUT2D eigenvalue weighted by Crippen LogP contribution is -2.47. The predicted molar refractivity (Wildman–Crippen MR) is 128 cm³/mol. The Morgan fingerprint density at radius 1 is 1.34 bits per heavy atom. The van der Waals surface area contributed by atoms with Gasteiger partial charge in [-0.15, -0.1) is 0 Å². The molecule has 2 aromatic heterocycles. The highest BCUT2D eigenvalue weighted by Gasteiger charge is 2.22. The van der Waals surface area contributed by atoms with Crippen LogP contribution in [0.25, 0.3) is 11.2 Å². The van der Waals surface area contributed by atoms with Gasteiger partial charge in [0.2, 0.25) is 0 Å². The first-order valence-electron chi connectivity index (χ1n) is 10.9. The molecule has 1 saturated heterocycles. The largest absolute Gasteiger partial charge is 0.394 e. The molecule has 0 radical (unpaired) electrons. The van der Waals surface area contributed by atoms with Gasteiger partial charge in [0.25, 0.3) is 0 Å². The van der Waals surface area contributed by atoms with Gasteiger partial charge in [0.15, 0.2) is 11.5 Å². The molecule has 1 atom stereocenters. The van der Waals surface area contributed by atoms with Crippen molar-refractivity contribution >= 4 is 28.4 Å². The number of imidazole rings is 1. The standard InChI is InChI=1S/C24H30N6O2/c1-4-25-18(3)13-17(2)22-14-29-10-9-26-24(29)23(28-22)27-19-5-7-20(8-6-19)30-11-12-32-16-21(30)15-31/h5-10,13-14,21,25,31H,2,4,11-12,15-16H2,1,3H3,(H,27,28)/b18-13+/t21-/m1/s1. The van der Waals surface area contributed by atoms with Crippen molar-refractivity contribution in [3.8, 4) is 0 Å². The monoisotopic (exact) mass is 434 g/mol. The number of hydrogen-bond acceptors (Lipinski definition) is 7. The van der Waals surface area contributed by atoms with Gasteiger partial charge >= 0.3 is 0 Å². The van der Waals surface area contributed by atoms with Crippen LogP contribution in [-0.4, -0.2) is 58.4 Å². The van der Waals surface area contributed by atoms with Crippen LogP contribution in [0.1, 0.15) is 19.5 Å². The number of aromatic nitrogens is 3. The molecule has 0 saturated carbocycles. The summed E-state index contributed by atoms with van der Waals surface area (Å²) in [6, 6.07) is 8.10. The van der Waals surface area contributed by atoms with Gasteiger partial charge in [-0.05, 0) is 49.8 Å². The number of allylic oxidation sites excluding steroid dienone is 3. The summed E-state index contributed by atoms with van der Waals surface area (Å²) in [6.07, 6.45) is 7.58. The number of benzene rings is 1. The number of anilines is 3. The van der Waals surface area contributed by atoms with Gasteiger partial charge in [0.05, 0.1) is 31.6 Å². The molecule has 1 aromatic carbocycles. The van der Waals surface area contributed by atoms with E-state index in [-0.39, 0.29) is 12.6 Å². The van der Waals surface area contributed by atoms with Crippen LogP contribution in [0.3, 0.4) is 0 Å². The van der Waals surface area contributed by atoms with Crippen LogP contribution in [0.5, 0.6) is 0 Å². The van der Waals surface area contributed by atoms with Crippen LogP contribution in [0.15, 0.2) is 61.2 Å². The first kappa shape index (κ1) is 21.9. The normalized spacial score (nSPS) is 16.9. The number of morpholine rings is 1. The summed E-state index contributed by atoms with van der Waals surface area (Å²) in [5, 5.41) is 16.3. The van der Waals surface area contributed by atoms with E-state index < -0.39 is 0 Å². The molecule has 4 rings (SSSR count). The minimum atomic E-state index is -0.0184. The van der Waals surface area contributed by atoms with Crippen molar-refractivity contribution in [1.29, 1.82) is 0 Å². The lowest BCUT2D eigenvalue weighted by Gasteiger charge is -2.36. The molecule has 0 spiro atoms. The van der Waals surface area contributed by atoms with E-state index in [4.69, 9.17) is 9.72 Å². The van der Waals surface area contributed by atoms with Crippen molar-refractivity contribution in [3.05, 3.63) is 66.9 Å². The topological polar surface area (TPSA) is 87.0 Å². The molecule has 8 nitrogen and oxygen atoms in total. The SMILES string of the molecule is C=C(/C=C(\C)NCC)c1cn2ccnc2c(Nc2ccc(N3CCOC[C@H]3CO)cc2)n1. The van der Waals surface area contributed by atoms with Crippen LogP contribution in [-0.2, 0) is 4.74 Å². The number of fused-ring (bicyclic) bond motifs is 1. The molecule has 0 aliphatic carbocycles. The van der Waals surface area contributed by atoms with Crippen LogP contribution >= 0.6 is 0 Å². The van der Waals surface area contributed by atoms with E-state index in [1.807, 2.05) is 54.1 Å². The maximum Gasteiger partial charge on any atom is 0.180 e. The zero-order valence-corrected chi connectivity index (χ0v) is 18.6. The predicted octanol–water partition coefficient (Wildman–Crippen LogP) is 3.20. The molecule has 0 bridgehead atoms. The molecule has 0 amide bonds. The number of nitrogens with zero attached hydrogens (tertiary/aromatic N) is 4. The molecule has 3 N–H and O–H groups in total. The highest BCUT2D eigenvalue weighted by molar-refractivity contribution is 5.76. The van der Waals surface area contributed by atoms with E-state index in [9.17, 15) is 5.11 Å². The van der Waals surface area contributed by atoms with Gasteiger partial charge in [0, 0.05) is 48.8 Å². The Balaban J connectivity index is 1.58. The van der Waals surface area contributed by atoms with Crippen LogP contribution in [0.2, 0.25) is 0 Å². The molecule has 168 valence electrons. The third kappa shape index (κ3) is 4.76. The van der Waals surface area contributed by atoms with Gasteiger partial charge in [-0.25, -0.2) is 9.97 Å². The Kier molecular flexibility index (Phi) is 6.72. The maximum absolute atomic E-state index is 9.64. The van der Waals surface area contributed by atoms with Crippen LogP contribution < -0.4 is 15.5 Å². The molecule has 1 aliphatic rings. The highest BCUT2D eigenvalue weighted by Crippen LogP contribution is 2.26. The molecule has 3 aromatic rings. The molecular formula is C24H30N6O2. The molecule has 1 fully saturated rings. The summed E-state index contributed by atoms with van der Waals surface area (Å²) >= 11 is 0. The lowest BCUT2D eigenvalue weighted by atomic mass is 10.2. The number of hydrogen-bond donors (Lipinski definition) is 3. The molecule has 32 heavy (non-hydrogen) atoms. The highest BCUT2D eigenvalue weighted by atomic mass is 16.5. The summed E-state index contributed by atoms with van der Waals surface area (Å²) in [5.74, 6) is 0.663. The minimum Gasteiger partial charge on any atom is -0.394 e. The molecule has 8 heteroatoms. The van der Waals surface area contributed by atoms with E-state index in [0.717, 1.165) is 47.1 Å². The molecule has 3 heterocycles. The Bertz CT molecular complexity index is 1110. The number of aliphatic hydroxyl groups is 1. The van der Waals surface area contributed by atoms with E-state index in [2.05, 4.69) is 34.0 Å². The Morgan fingerprint density at radius 3 is 2.91 bits per heavy atom. The quantitative estimate of drug-likeness (QED) is 0.469. The van der Waals surface area contributed by atoms with Crippen LogP contribution in [0.4, 0.5) is 17.2 Å². The second-order valence-corrected chi connectivity index (χ2v) is 7.79. The van der Waals surface area contributed by atoms with Gasteiger partial charge < -0.3 is 29.8 Å². The number of rotatable bonds is 8. The smallest absolute Gasteiger partial charge is 0.180 e. The number of nitrogens with one attached hydrogen (secondary N) is 2. The van der Waals surface area contributed by atoms with E-state index in [1.165, 1.54) is 0 Å². The fourth-order valence-corrected chi connectivity index (χ4v) is 3.85. The van der Waals surface area contributed by atoms with Gasteiger partial charge in [-0.1, -0.05) is 6.58 Å². The fourth-order valence-electron chi connectivity index (χ4n) is 3.85. The third-order valence-electron chi connectivity index (χ3n) is 5.45. The van der Waals surface area contributed by atoms with Gasteiger partial charge in [0.1, 0.15) is 0 Å². The maximum atomic E-state index is 9.64. The number of ether oxygens (including phenoxy) is 1. The van der Waals surface area contributed by atoms with Crippen molar-refractivity contribution in [2.24, 2.45) is 0 Å². The second kappa shape index (κ2) is 9.84.